The Labute approximate surface area is 154 Å². The van der Waals surface area contributed by atoms with Crippen LogP contribution in [-0.2, 0) is 13.1 Å². The molecule has 3 aromatic rings. The van der Waals surface area contributed by atoms with Crippen LogP contribution in [-0.4, -0.2) is 30.4 Å². The standard InChI is InChI=1S/C17H20N6O4/c1-4-22-12(3)15(8-19-22)11(2)20-17(24)16-6-5-14(27-16)10-21-9-13(7-18-21)23(25)26/h5-9,11H,4,10H2,1-3H3,(H,20,24). The Balaban J connectivity index is 1.65. The monoisotopic (exact) mass is 372 g/mol. The summed E-state index contributed by atoms with van der Waals surface area (Å²) in [7, 11) is 0. The summed E-state index contributed by atoms with van der Waals surface area (Å²) in [4.78, 5) is 22.6. The predicted octanol–water partition coefficient (Wildman–Crippen LogP) is 2.45. The Morgan fingerprint density at radius 1 is 1.37 bits per heavy atom. The van der Waals surface area contributed by atoms with Crippen molar-refractivity contribution < 1.29 is 14.1 Å². The number of amides is 1. The van der Waals surface area contributed by atoms with Crippen molar-refractivity contribution >= 4 is 11.6 Å². The van der Waals surface area contributed by atoms with Gasteiger partial charge in [0.15, 0.2) is 5.76 Å². The largest absolute Gasteiger partial charge is 0.454 e. The molecule has 0 aliphatic rings. The summed E-state index contributed by atoms with van der Waals surface area (Å²) >= 11 is 0. The zero-order valence-electron chi connectivity index (χ0n) is 15.2. The van der Waals surface area contributed by atoms with Gasteiger partial charge >= 0.3 is 5.69 Å². The van der Waals surface area contributed by atoms with Crippen molar-refractivity contribution in [1.29, 1.82) is 0 Å². The summed E-state index contributed by atoms with van der Waals surface area (Å²) in [5.74, 6) is 0.295. The van der Waals surface area contributed by atoms with E-state index in [1.165, 1.54) is 10.9 Å². The second-order valence-corrected chi connectivity index (χ2v) is 6.12. The number of aromatic nitrogens is 4. The highest BCUT2D eigenvalue weighted by atomic mass is 16.6. The molecule has 0 saturated heterocycles. The number of furan rings is 1. The molecule has 0 bridgehead atoms. The fraction of sp³-hybridized carbons (Fsp3) is 0.353. The minimum Gasteiger partial charge on any atom is -0.454 e. The molecule has 1 N–H and O–H groups in total. The first-order valence-electron chi connectivity index (χ1n) is 8.47. The van der Waals surface area contributed by atoms with Gasteiger partial charge in [-0.3, -0.25) is 24.3 Å². The van der Waals surface area contributed by atoms with E-state index in [0.717, 1.165) is 24.0 Å². The van der Waals surface area contributed by atoms with Crippen molar-refractivity contribution in [2.45, 2.75) is 39.9 Å². The fourth-order valence-electron chi connectivity index (χ4n) is 2.83. The molecule has 0 aliphatic heterocycles. The first-order valence-corrected chi connectivity index (χ1v) is 8.47. The van der Waals surface area contributed by atoms with Crippen LogP contribution < -0.4 is 5.32 Å². The summed E-state index contributed by atoms with van der Waals surface area (Å²) in [6, 6.07) is 2.99. The van der Waals surface area contributed by atoms with Gasteiger partial charge in [-0.25, -0.2) is 0 Å². The van der Waals surface area contributed by atoms with Crippen LogP contribution >= 0.6 is 0 Å². The van der Waals surface area contributed by atoms with E-state index < -0.39 is 4.92 Å². The van der Waals surface area contributed by atoms with Crippen LogP contribution in [0.3, 0.4) is 0 Å². The highest BCUT2D eigenvalue weighted by Crippen LogP contribution is 2.18. The maximum atomic E-state index is 12.4. The topological polar surface area (TPSA) is 121 Å². The lowest BCUT2D eigenvalue weighted by Gasteiger charge is -2.13. The van der Waals surface area contributed by atoms with Gasteiger partial charge in [0.05, 0.1) is 23.7 Å². The van der Waals surface area contributed by atoms with Crippen molar-refractivity contribution in [2.75, 3.05) is 0 Å². The van der Waals surface area contributed by atoms with Gasteiger partial charge in [0.2, 0.25) is 0 Å². The third-order valence-electron chi connectivity index (χ3n) is 4.29. The van der Waals surface area contributed by atoms with Gasteiger partial charge in [-0.1, -0.05) is 0 Å². The first kappa shape index (κ1) is 18.4. The molecule has 3 heterocycles. The summed E-state index contributed by atoms with van der Waals surface area (Å²) in [5.41, 5.74) is 1.85. The number of nitrogens with zero attached hydrogens (tertiary/aromatic N) is 5. The van der Waals surface area contributed by atoms with Gasteiger partial charge in [-0.05, 0) is 32.9 Å². The van der Waals surface area contributed by atoms with Crippen molar-refractivity contribution in [3.05, 3.63) is 63.6 Å². The van der Waals surface area contributed by atoms with E-state index in [4.69, 9.17) is 4.42 Å². The number of carbonyl (C=O) groups is 1. The molecule has 3 aromatic heterocycles. The van der Waals surface area contributed by atoms with Crippen molar-refractivity contribution in [1.82, 2.24) is 24.9 Å². The number of carbonyl (C=O) groups excluding carboxylic acids is 1. The smallest absolute Gasteiger partial charge is 0.307 e. The molecule has 27 heavy (non-hydrogen) atoms. The summed E-state index contributed by atoms with van der Waals surface area (Å²) < 4.78 is 8.79. The second kappa shape index (κ2) is 7.44. The molecule has 0 aliphatic carbocycles. The van der Waals surface area contributed by atoms with Crippen LogP contribution in [0.5, 0.6) is 0 Å². The number of nitro groups is 1. The molecular formula is C17H20N6O4. The normalized spacial score (nSPS) is 12.1. The Morgan fingerprint density at radius 3 is 2.78 bits per heavy atom. The molecule has 0 fully saturated rings. The molecule has 1 unspecified atom stereocenters. The summed E-state index contributed by atoms with van der Waals surface area (Å²) in [6.45, 7) is 6.81. The maximum absolute atomic E-state index is 12.4. The van der Waals surface area contributed by atoms with Gasteiger partial charge < -0.3 is 9.73 Å². The molecule has 10 nitrogen and oxygen atoms in total. The number of aryl methyl sites for hydroxylation is 1. The lowest BCUT2D eigenvalue weighted by Crippen LogP contribution is -2.26. The van der Waals surface area contributed by atoms with Gasteiger partial charge in [-0.2, -0.15) is 10.2 Å². The van der Waals surface area contributed by atoms with Gasteiger partial charge in [-0.15, -0.1) is 0 Å². The van der Waals surface area contributed by atoms with E-state index in [1.54, 1.807) is 18.3 Å². The molecule has 10 heteroatoms. The van der Waals surface area contributed by atoms with Crippen LogP contribution in [0.2, 0.25) is 0 Å². The maximum Gasteiger partial charge on any atom is 0.307 e. The van der Waals surface area contributed by atoms with Crippen LogP contribution in [0.25, 0.3) is 0 Å². The zero-order chi connectivity index (χ0) is 19.6. The molecule has 1 atom stereocenters. The molecule has 0 aromatic carbocycles. The van der Waals surface area contributed by atoms with E-state index in [0.29, 0.717) is 5.76 Å². The molecule has 0 radical (unpaired) electrons. The van der Waals surface area contributed by atoms with Crippen molar-refractivity contribution in [3.8, 4) is 0 Å². The van der Waals surface area contributed by atoms with Gasteiger partial charge in [0.25, 0.3) is 5.91 Å². The molecule has 142 valence electrons. The Morgan fingerprint density at radius 2 is 2.15 bits per heavy atom. The minimum absolute atomic E-state index is 0.101. The minimum atomic E-state index is -0.519. The van der Waals surface area contributed by atoms with E-state index in [-0.39, 0.29) is 29.9 Å². The first-order chi connectivity index (χ1) is 12.9. The van der Waals surface area contributed by atoms with E-state index in [2.05, 4.69) is 15.5 Å². The van der Waals surface area contributed by atoms with E-state index in [9.17, 15) is 14.9 Å². The predicted molar refractivity (Wildman–Crippen MR) is 95.2 cm³/mol. The molecule has 1 amide bonds. The number of hydrogen-bond donors (Lipinski definition) is 1. The van der Waals surface area contributed by atoms with Crippen LogP contribution in [0.1, 0.15) is 47.5 Å². The number of rotatable bonds is 7. The Hall–Kier alpha value is -3.43. The second-order valence-electron chi connectivity index (χ2n) is 6.12. The quantitative estimate of drug-likeness (QED) is 0.502. The average molecular weight is 372 g/mol. The van der Waals surface area contributed by atoms with E-state index >= 15 is 0 Å². The molecule has 0 spiro atoms. The van der Waals surface area contributed by atoms with Crippen molar-refractivity contribution in [3.63, 3.8) is 0 Å². The van der Waals surface area contributed by atoms with Gasteiger partial charge in [0, 0.05) is 17.8 Å². The lowest BCUT2D eigenvalue weighted by atomic mass is 10.1. The Kier molecular flexibility index (Phi) is 5.06. The molecule has 0 saturated carbocycles. The number of nitrogens with one attached hydrogen (secondary N) is 1. The SMILES string of the molecule is CCn1ncc(C(C)NC(=O)c2ccc(Cn3cc([N+](=O)[O-])cn3)o2)c1C. The highest BCUT2D eigenvalue weighted by molar-refractivity contribution is 5.91. The average Bonchev–Trinajstić information content (AvgIpc) is 3.35. The third-order valence-corrected chi connectivity index (χ3v) is 4.29. The van der Waals surface area contributed by atoms with Crippen LogP contribution in [0, 0.1) is 17.0 Å². The zero-order valence-corrected chi connectivity index (χ0v) is 15.2. The Bertz CT molecular complexity index is 970. The number of hydrogen-bond acceptors (Lipinski definition) is 6. The van der Waals surface area contributed by atoms with E-state index in [1.807, 2.05) is 25.5 Å². The molecule has 3 rings (SSSR count). The van der Waals surface area contributed by atoms with Gasteiger partial charge in [0.1, 0.15) is 18.2 Å². The lowest BCUT2D eigenvalue weighted by molar-refractivity contribution is -0.385. The van der Waals surface area contributed by atoms with Crippen LogP contribution in [0.4, 0.5) is 5.69 Å². The van der Waals surface area contributed by atoms with Crippen molar-refractivity contribution in [2.24, 2.45) is 0 Å². The summed E-state index contributed by atoms with van der Waals surface area (Å²) in [5, 5.41) is 21.8. The highest BCUT2D eigenvalue weighted by Gasteiger charge is 2.19. The third kappa shape index (κ3) is 3.89. The van der Waals surface area contributed by atoms with Crippen LogP contribution in [0.15, 0.2) is 35.1 Å². The molecular weight excluding hydrogens is 352 g/mol. The fourth-order valence-corrected chi connectivity index (χ4v) is 2.83. The summed E-state index contributed by atoms with van der Waals surface area (Å²) in [6.07, 6.45) is 4.22.